The molecule has 1 heterocycles. The standard InChI is InChI=1S/C11H6BrClN2O3S/c12-9-4-6(5-19-9)11(16)14-7-2-1-3-8(10(7)13)15(17)18/h1-5H,(H,14,16). The maximum Gasteiger partial charge on any atom is 0.290 e. The van der Waals surface area contributed by atoms with Gasteiger partial charge in [0.2, 0.25) is 0 Å². The molecule has 1 amide bonds. The van der Waals surface area contributed by atoms with Crippen LogP contribution in [0.15, 0.2) is 33.4 Å². The molecule has 0 atom stereocenters. The van der Waals surface area contributed by atoms with E-state index in [-0.39, 0.29) is 22.3 Å². The number of hydrogen-bond donors (Lipinski definition) is 1. The number of benzene rings is 1. The Hall–Kier alpha value is -1.44. The minimum atomic E-state index is -0.598. The quantitative estimate of drug-likeness (QED) is 0.653. The highest BCUT2D eigenvalue weighted by Gasteiger charge is 2.17. The SMILES string of the molecule is O=C(Nc1cccc([N+](=O)[O-])c1Cl)c1csc(Br)c1. The Morgan fingerprint density at radius 3 is 2.79 bits per heavy atom. The fourth-order valence-corrected chi connectivity index (χ4v) is 2.76. The maximum absolute atomic E-state index is 11.9. The summed E-state index contributed by atoms with van der Waals surface area (Å²) in [6, 6.07) is 5.90. The summed E-state index contributed by atoms with van der Waals surface area (Å²) in [5, 5.41) is 14.9. The number of amides is 1. The number of hydrogen-bond acceptors (Lipinski definition) is 4. The van der Waals surface area contributed by atoms with Gasteiger partial charge >= 0.3 is 0 Å². The molecule has 1 aromatic carbocycles. The third-order valence-electron chi connectivity index (χ3n) is 2.25. The number of carbonyl (C=O) groups excluding carboxylic acids is 1. The van der Waals surface area contributed by atoms with Crippen LogP contribution >= 0.6 is 38.9 Å². The zero-order chi connectivity index (χ0) is 14.0. The van der Waals surface area contributed by atoms with Crippen LogP contribution in [0.4, 0.5) is 11.4 Å². The van der Waals surface area contributed by atoms with Crippen molar-refractivity contribution in [2.45, 2.75) is 0 Å². The average molecular weight is 362 g/mol. The van der Waals surface area contributed by atoms with Crippen molar-refractivity contribution in [1.82, 2.24) is 0 Å². The molecule has 0 aliphatic rings. The van der Waals surface area contributed by atoms with Crippen LogP contribution in [-0.4, -0.2) is 10.8 Å². The summed E-state index contributed by atoms with van der Waals surface area (Å²) in [4.78, 5) is 22.0. The van der Waals surface area contributed by atoms with E-state index < -0.39 is 4.92 Å². The van der Waals surface area contributed by atoms with Gasteiger partial charge in [0.05, 0.1) is 20.0 Å². The molecule has 19 heavy (non-hydrogen) atoms. The van der Waals surface area contributed by atoms with Gasteiger partial charge in [-0.25, -0.2) is 0 Å². The van der Waals surface area contributed by atoms with E-state index in [0.717, 1.165) is 3.79 Å². The Kier molecular flexibility index (Phi) is 4.18. The molecular formula is C11H6BrClN2O3S. The van der Waals surface area contributed by atoms with Crippen molar-refractivity contribution in [3.63, 3.8) is 0 Å². The van der Waals surface area contributed by atoms with E-state index in [1.165, 1.54) is 29.5 Å². The first-order chi connectivity index (χ1) is 8.99. The molecule has 98 valence electrons. The number of carbonyl (C=O) groups is 1. The number of nitro benzene ring substituents is 1. The fraction of sp³-hybridized carbons (Fsp3) is 0. The third-order valence-corrected chi connectivity index (χ3v) is 4.15. The number of nitrogens with one attached hydrogen (secondary N) is 1. The molecule has 0 unspecified atom stereocenters. The van der Waals surface area contributed by atoms with Crippen molar-refractivity contribution < 1.29 is 9.72 Å². The highest BCUT2D eigenvalue weighted by atomic mass is 79.9. The van der Waals surface area contributed by atoms with Gasteiger partial charge in [0.1, 0.15) is 5.02 Å². The predicted octanol–water partition coefficient (Wildman–Crippen LogP) is 4.32. The first-order valence-electron chi connectivity index (χ1n) is 4.97. The molecule has 0 spiro atoms. The summed E-state index contributed by atoms with van der Waals surface area (Å²) in [5.74, 6) is -0.371. The Labute approximate surface area is 125 Å². The van der Waals surface area contributed by atoms with Crippen LogP contribution in [0.2, 0.25) is 5.02 Å². The second-order valence-electron chi connectivity index (χ2n) is 3.49. The van der Waals surface area contributed by atoms with Crippen molar-refractivity contribution >= 4 is 56.1 Å². The summed E-state index contributed by atoms with van der Waals surface area (Å²) in [6.45, 7) is 0. The zero-order valence-corrected chi connectivity index (χ0v) is 12.4. The van der Waals surface area contributed by atoms with Crippen LogP contribution < -0.4 is 5.32 Å². The first kappa shape index (κ1) is 14.0. The number of nitrogens with zero attached hydrogens (tertiary/aromatic N) is 1. The van der Waals surface area contributed by atoms with Crippen molar-refractivity contribution in [1.29, 1.82) is 0 Å². The average Bonchev–Trinajstić information content (AvgIpc) is 2.78. The van der Waals surface area contributed by atoms with Crippen molar-refractivity contribution in [3.8, 4) is 0 Å². The Morgan fingerprint density at radius 2 is 2.21 bits per heavy atom. The highest BCUT2D eigenvalue weighted by molar-refractivity contribution is 9.11. The second kappa shape index (κ2) is 5.68. The monoisotopic (exact) mass is 360 g/mol. The molecule has 0 radical (unpaired) electrons. The lowest BCUT2D eigenvalue weighted by Gasteiger charge is -2.06. The molecule has 0 aliphatic carbocycles. The topological polar surface area (TPSA) is 72.2 Å². The van der Waals surface area contributed by atoms with Crippen molar-refractivity contribution in [2.24, 2.45) is 0 Å². The summed E-state index contributed by atoms with van der Waals surface area (Å²) < 4.78 is 0.822. The Bertz CT molecular complexity index is 659. The largest absolute Gasteiger partial charge is 0.320 e. The smallest absolute Gasteiger partial charge is 0.290 e. The van der Waals surface area contributed by atoms with Gasteiger partial charge in [-0.05, 0) is 28.1 Å². The molecular weight excluding hydrogens is 356 g/mol. The van der Waals surface area contributed by atoms with Gasteiger partial charge < -0.3 is 5.32 Å². The second-order valence-corrected chi connectivity index (χ2v) is 6.16. The van der Waals surface area contributed by atoms with Gasteiger partial charge in [0.25, 0.3) is 11.6 Å². The molecule has 1 N–H and O–H groups in total. The van der Waals surface area contributed by atoms with Gasteiger partial charge in [-0.15, -0.1) is 11.3 Å². The number of anilines is 1. The summed E-state index contributed by atoms with van der Waals surface area (Å²) >= 11 is 10.5. The number of rotatable bonds is 3. The van der Waals surface area contributed by atoms with Crippen LogP contribution in [-0.2, 0) is 0 Å². The van der Waals surface area contributed by atoms with Crippen molar-refractivity contribution in [3.05, 3.63) is 54.1 Å². The highest BCUT2D eigenvalue weighted by Crippen LogP contribution is 2.32. The molecule has 0 aliphatic heterocycles. The van der Waals surface area contributed by atoms with Gasteiger partial charge in [-0.3, -0.25) is 14.9 Å². The minimum Gasteiger partial charge on any atom is -0.320 e. The van der Waals surface area contributed by atoms with Crippen LogP contribution in [0.5, 0.6) is 0 Å². The first-order valence-corrected chi connectivity index (χ1v) is 7.02. The lowest BCUT2D eigenvalue weighted by atomic mass is 10.2. The number of thiophene rings is 1. The van der Waals surface area contributed by atoms with E-state index in [2.05, 4.69) is 21.2 Å². The van der Waals surface area contributed by atoms with E-state index >= 15 is 0 Å². The predicted molar refractivity (Wildman–Crippen MR) is 78.1 cm³/mol. The Balaban J connectivity index is 2.27. The summed E-state index contributed by atoms with van der Waals surface area (Å²) in [7, 11) is 0. The molecule has 2 rings (SSSR count). The van der Waals surface area contributed by atoms with E-state index in [1.54, 1.807) is 11.4 Å². The molecule has 0 fully saturated rings. The van der Waals surface area contributed by atoms with Crippen LogP contribution in [0, 0.1) is 10.1 Å². The van der Waals surface area contributed by atoms with Crippen molar-refractivity contribution in [2.75, 3.05) is 5.32 Å². The zero-order valence-electron chi connectivity index (χ0n) is 9.22. The lowest BCUT2D eigenvalue weighted by Crippen LogP contribution is -2.11. The molecule has 0 saturated carbocycles. The lowest BCUT2D eigenvalue weighted by molar-refractivity contribution is -0.384. The molecule has 8 heteroatoms. The maximum atomic E-state index is 11.9. The van der Waals surface area contributed by atoms with Gasteiger partial charge in [0, 0.05) is 11.4 Å². The molecule has 1 aromatic heterocycles. The van der Waals surface area contributed by atoms with E-state index in [0.29, 0.717) is 5.56 Å². The van der Waals surface area contributed by atoms with Gasteiger partial charge in [-0.1, -0.05) is 17.7 Å². The number of halogens is 2. The van der Waals surface area contributed by atoms with E-state index in [4.69, 9.17) is 11.6 Å². The fourth-order valence-electron chi connectivity index (χ4n) is 1.38. The molecule has 5 nitrogen and oxygen atoms in total. The summed E-state index contributed by atoms with van der Waals surface area (Å²) in [5.41, 5.74) is 0.425. The van der Waals surface area contributed by atoms with Crippen LogP contribution in [0.1, 0.15) is 10.4 Å². The van der Waals surface area contributed by atoms with E-state index in [9.17, 15) is 14.9 Å². The number of nitro groups is 1. The van der Waals surface area contributed by atoms with Crippen LogP contribution in [0.3, 0.4) is 0 Å². The molecule has 0 saturated heterocycles. The normalized spacial score (nSPS) is 10.2. The molecule has 0 bridgehead atoms. The van der Waals surface area contributed by atoms with Crippen LogP contribution in [0.25, 0.3) is 0 Å². The van der Waals surface area contributed by atoms with Gasteiger partial charge in [0.15, 0.2) is 0 Å². The van der Waals surface area contributed by atoms with Gasteiger partial charge in [-0.2, -0.15) is 0 Å². The van der Waals surface area contributed by atoms with E-state index in [1.807, 2.05) is 0 Å². The molecule has 2 aromatic rings. The summed E-state index contributed by atoms with van der Waals surface area (Å²) in [6.07, 6.45) is 0. The Morgan fingerprint density at radius 1 is 1.47 bits per heavy atom. The third kappa shape index (κ3) is 3.12. The minimum absolute atomic E-state index is 0.0878.